The Morgan fingerprint density at radius 3 is 1.23 bits per heavy atom. The first-order valence-corrected chi connectivity index (χ1v) is 34.2. The number of ether oxygens (including phenoxy) is 1. The molecule has 460 valence electrons. The van der Waals surface area contributed by atoms with Gasteiger partial charge in [-0.3, -0.25) is 14.2 Å². The summed E-state index contributed by atoms with van der Waals surface area (Å²) in [5, 5.41) is 3.02. The maximum atomic E-state index is 13.6. The van der Waals surface area contributed by atoms with Gasteiger partial charge in [0.25, 0.3) is 7.82 Å². The summed E-state index contributed by atoms with van der Waals surface area (Å²) >= 11 is 0. The highest BCUT2D eigenvalue weighted by atomic mass is 31.2. The number of allylic oxidation sites excluding steroid dienone is 17. The molecule has 0 aromatic carbocycles. The Bertz CT molecular complexity index is 1740. The van der Waals surface area contributed by atoms with E-state index >= 15 is 0 Å². The van der Waals surface area contributed by atoms with Crippen molar-refractivity contribution in [2.24, 2.45) is 0 Å². The molecule has 0 aliphatic rings. The maximum absolute atomic E-state index is 13.6. The zero-order chi connectivity index (χ0) is 58.6. The second kappa shape index (κ2) is 58.9. The summed E-state index contributed by atoms with van der Waals surface area (Å²) in [5.41, 5.74) is 0. The summed E-state index contributed by atoms with van der Waals surface area (Å²) in [6.45, 7) is 6.68. The van der Waals surface area contributed by atoms with Gasteiger partial charge in [-0.05, 0) is 115 Å². The van der Waals surface area contributed by atoms with Crippen LogP contribution in [0.2, 0.25) is 0 Å². The molecule has 0 radical (unpaired) electrons. The van der Waals surface area contributed by atoms with Gasteiger partial charge in [-0.1, -0.05) is 252 Å². The molecule has 0 spiro atoms. The van der Waals surface area contributed by atoms with Gasteiger partial charge >= 0.3 is 5.97 Å². The second-order valence-electron chi connectivity index (χ2n) is 22.9. The molecule has 0 saturated carbocycles. The lowest BCUT2D eigenvalue weighted by molar-refractivity contribution is -0.870. The molecule has 0 rings (SSSR count). The number of phosphoric acid groups is 1. The Labute approximate surface area is 493 Å². The van der Waals surface area contributed by atoms with Gasteiger partial charge < -0.3 is 28.5 Å². The monoisotopic (exact) mass is 1130 g/mol. The number of nitrogens with one attached hydrogen (secondary N) is 1. The first-order chi connectivity index (χ1) is 38.9. The minimum Gasteiger partial charge on any atom is -0.756 e. The summed E-state index contributed by atoms with van der Waals surface area (Å²) in [5.74, 6) is -0.572. The predicted molar refractivity (Wildman–Crippen MR) is 344 cm³/mol. The second-order valence-corrected chi connectivity index (χ2v) is 24.3. The molecule has 0 fully saturated rings. The van der Waals surface area contributed by atoms with E-state index in [4.69, 9.17) is 13.8 Å². The van der Waals surface area contributed by atoms with E-state index in [1.54, 1.807) is 0 Å². The number of amides is 1. The first-order valence-electron chi connectivity index (χ1n) is 32.7. The molecule has 0 aliphatic heterocycles. The van der Waals surface area contributed by atoms with Crippen molar-refractivity contribution in [1.29, 1.82) is 0 Å². The Hall–Kier alpha value is -3.33. The summed E-state index contributed by atoms with van der Waals surface area (Å²) < 4.78 is 30.4. The maximum Gasteiger partial charge on any atom is 0.306 e. The number of nitrogens with zero attached hydrogens (tertiary/aromatic N) is 1. The third-order valence-corrected chi connectivity index (χ3v) is 14.9. The van der Waals surface area contributed by atoms with Crippen molar-refractivity contribution in [3.05, 3.63) is 109 Å². The van der Waals surface area contributed by atoms with Gasteiger partial charge in [0.1, 0.15) is 19.3 Å². The van der Waals surface area contributed by atoms with Crippen LogP contribution in [-0.2, 0) is 27.9 Å². The molecule has 3 atom stereocenters. The minimum atomic E-state index is -4.71. The SMILES string of the molecule is CC/C=C\C/C=C\C/C=C\C/C=C\C/C=C\CCCCCCCCCC(=O)OC(/C=C/CCCCCCCCCCCC)C(COP(=O)([O-])OCC[N+](C)(C)C)NC(=O)CCCCCCCC/C=C\C/C=C\C/C=C\CCCCC. The number of phosphoric ester groups is 1. The molecule has 0 aromatic rings. The van der Waals surface area contributed by atoms with Crippen molar-refractivity contribution in [2.75, 3.05) is 40.9 Å². The number of quaternary nitrogens is 1. The molecule has 80 heavy (non-hydrogen) atoms. The van der Waals surface area contributed by atoms with Gasteiger partial charge in [-0.25, -0.2) is 0 Å². The smallest absolute Gasteiger partial charge is 0.306 e. The van der Waals surface area contributed by atoms with E-state index < -0.39 is 26.6 Å². The fraction of sp³-hybridized carbons (Fsp3) is 0.714. The van der Waals surface area contributed by atoms with E-state index in [1.807, 2.05) is 33.3 Å². The highest BCUT2D eigenvalue weighted by Gasteiger charge is 2.27. The molecule has 0 saturated heterocycles. The summed E-state index contributed by atoms with van der Waals surface area (Å²) in [6.07, 6.45) is 80.5. The summed E-state index contributed by atoms with van der Waals surface area (Å²) in [7, 11) is 1.16. The number of carbonyl (C=O) groups is 2. The highest BCUT2D eigenvalue weighted by Crippen LogP contribution is 2.38. The summed E-state index contributed by atoms with van der Waals surface area (Å²) in [4.78, 5) is 40.1. The van der Waals surface area contributed by atoms with E-state index in [9.17, 15) is 19.0 Å². The van der Waals surface area contributed by atoms with Crippen LogP contribution in [0.4, 0.5) is 0 Å². The molecule has 0 bridgehead atoms. The zero-order valence-electron chi connectivity index (χ0n) is 52.5. The van der Waals surface area contributed by atoms with Crippen LogP contribution < -0.4 is 10.2 Å². The predicted octanol–water partition coefficient (Wildman–Crippen LogP) is 19.9. The fourth-order valence-electron chi connectivity index (χ4n) is 8.91. The summed E-state index contributed by atoms with van der Waals surface area (Å²) in [6, 6.07) is -0.907. The Morgan fingerprint density at radius 2 is 0.800 bits per heavy atom. The Morgan fingerprint density at radius 1 is 0.450 bits per heavy atom. The number of hydrogen-bond donors (Lipinski definition) is 1. The molecule has 9 nitrogen and oxygen atoms in total. The van der Waals surface area contributed by atoms with Gasteiger partial charge in [0.05, 0.1) is 33.8 Å². The normalized spacial score (nSPS) is 14.3. The van der Waals surface area contributed by atoms with Crippen molar-refractivity contribution in [1.82, 2.24) is 5.32 Å². The van der Waals surface area contributed by atoms with E-state index in [1.165, 1.54) is 96.3 Å². The fourth-order valence-corrected chi connectivity index (χ4v) is 9.63. The van der Waals surface area contributed by atoms with E-state index in [2.05, 4.69) is 123 Å². The van der Waals surface area contributed by atoms with Crippen molar-refractivity contribution in [3.8, 4) is 0 Å². The highest BCUT2D eigenvalue weighted by molar-refractivity contribution is 7.45. The van der Waals surface area contributed by atoms with Crippen molar-refractivity contribution in [3.63, 3.8) is 0 Å². The average Bonchev–Trinajstić information content (AvgIpc) is 3.43. The van der Waals surface area contributed by atoms with Crippen LogP contribution in [0.15, 0.2) is 109 Å². The largest absolute Gasteiger partial charge is 0.756 e. The first kappa shape index (κ1) is 76.7. The molecule has 1 amide bonds. The van der Waals surface area contributed by atoms with E-state index in [0.717, 1.165) is 135 Å². The topological polar surface area (TPSA) is 114 Å². The molecule has 0 aliphatic carbocycles. The van der Waals surface area contributed by atoms with E-state index in [0.29, 0.717) is 23.9 Å². The van der Waals surface area contributed by atoms with Crippen LogP contribution in [0.1, 0.15) is 271 Å². The van der Waals surface area contributed by atoms with Crippen LogP contribution in [0.3, 0.4) is 0 Å². The van der Waals surface area contributed by atoms with Crippen LogP contribution in [0.25, 0.3) is 0 Å². The van der Waals surface area contributed by atoms with Gasteiger partial charge in [-0.2, -0.15) is 0 Å². The van der Waals surface area contributed by atoms with Gasteiger partial charge in [0.15, 0.2) is 0 Å². The molecule has 10 heteroatoms. The standard InChI is InChI=1S/C70H123N2O7P/c1-7-10-13-16-19-22-25-28-30-32-34-35-36-37-39-41-43-45-48-51-54-57-60-63-70(74)79-68(61-58-55-52-49-46-27-24-21-18-15-12-9-3)67(66-78-80(75,76)77-65-64-72(4,5)6)71-69(73)62-59-56-53-50-47-44-42-40-38-33-31-29-26-23-20-17-14-11-8-2/h10,13,19-20,22-23,28-31,34-35,37-40,58,61,67-68H,7-9,11-12,14-18,21,24-27,32-33,36,41-57,59-60,62-66H2,1-6H3,(H-,71,73,75,76)/b13-10-,22-19-,23-20-,30-28-,31-29-,35-34-,39-37-,40-38-,61-58+. The zero-order valence-corrected chi connectivity index (χ0v) is 53.4. The molecular weight excluding hydrogens is 1010 g/mol. The van der Waals surface area contributed by atoms with Crippen LogP contribution in [-0.4, -0.2) is 69.4 Å². The van der Waals surface area contributed by atoms with Gasteiger partial charge in [-0.15, -0.1) is 0 Å². The lowest BCUT2D eigenvalue weighted by atomic mass is 10.0. The van der Waals surface area contributed by atoms with Crippen LogP contribution >= 0.6 is 7.82 Å². The van der Waals surface area contributed by atoms with Gasteiger partial charge in [0.2, 0.25) is 5.91 Å². The lowest BCUT2D eigenvalue weighted by Gasteiger charge is -2.30. The van der Waals surface area contributed by atoms with Crippen LogP contribution in [0.5, 0.6) is 0 Å². The van der Waals surface area contributed by atoms with Crippen molar-refractivity contribution < 1.29 is 37.3 Å². The number of likely N-dealkylation sites (N-methyl/N-ethyl adjacent to an activating group) is 1. The lowest BCUT2D eigenvalue weighted by Crippen LogP contribution is -2.47. The Kier molecular flexibility index (Phi) is 56.4. The number of unbranched alkanes of at least 4 members (excludes halogenated alkanes) is 26. The quantitative estimate of drug-likeness (QED) is 0.0212. The average molecular weight is 1140 g/mol. The van der Waals surface area contributed by atoms with Crippen LogP contribution in [0, 0.1) is 0 Å². The third kappa shape index (κ3) is 59.3. The number of rotatable bonds is 58. The van der Waals surface area contributed by atoms with Gasteiger partial charge in [0, 0.05) is 12.8 Å². The third-order valence-electron chi connectivity index (χ3n) is 13.9. The van der Waals surface area contributed by atoms with Crippen molar-refractivity contribution in [2.45, 2.75) is 283 Å². The number of hydrogen-bond acceptors (Lipinski definition) is 7. The molecule has 1 N–H and O–H groups in total. The number of esters is 1. The number of carbonyl (C=O) groups excluding carboxylic acids is 2. The molecule has 0 heterocycles. The molecule has 3 unspecified atom stereocenters. The van der Waals surface area contributed by atoms with Crippen molar-refractivity contribution >= 4 is 19.7 Å². The molecule has 0 aromatic heterocycles. The van der Waals surface area contributed by atoms with E-state index in [-0.39, 0.29) is 24.9 Å². The molecular formula is C70H123N2O7P. The Balaban J connectivity index is 5.24. The minimum absolute atomic E-state index is 0.0323.